The molecule has 18 heavy (non-hydrogen) atoms. The average Bonchev–Trinajstić information content (AvgIpc) is 2.39. The lowest BCUT2D eigenvalue weighted by Gasteiger charge is -2.11. The molecule has 2 aromatic rings. The molecule has 0 aliphatic rings. The van der Waals surface area contributed by atoms with Crippen LogP contribution in [0.25, 0.3) is 0 Å². The van der Waals surface area contributed by atoms with Gasteiger partial charge >= 0.3 is 0 Å². The summed E-state index contributed by atoms with van der Waals surface area (Å²) in [4.78, 5) is 0. The lowest BCUT2D eigenvalue weighted by atomic mass is 10.2. The van der Waals surface area contributed by atoms with Gasteiger partial charge in [-0.3, -0.25) is 0 Å². The van der Waals surface area contributed by atoms with Crippen LogP contribution in [0.3, 0.4) is 0 Å². The van der Waals surface area contributed by atoms with E-state index < -0.39 is 0 Å². The van der Waals surface area contributed by atoms with Crippen molar-refractivity contribution in [3.63, 3.8) is 0 Å². The minimum absolute atomic E-state index is 0.683. The molecule has 1 N–H and O–H groups in total. The predicted molar refractivity (Wildman–Crippen MR) is 79.5 cm³/mol. The maximum absolute atomic E-state index is 6.13. The molecule has 4 heteroatoms. The van der Waals surface area contributed by atoms with Gasteiger partial charge in [-0.15, -0.1) is 0 Å². The molecule has 0 fully saturated rings. The van der Waals surface area contributed by atoms with Gasteiger partial charge in [-0.1, -0.05) is 45.7 Å². The Labute approximate surface area is 120 Å². The molecule has 2 aromatic carbocycles. The van der Waals surface area contributed by atoms with Gasteiger partial charge in [0, 0.05) is 17.1 Å². The standard InChI is InChI=1S/C14H13BrClNO/c1-18-11-6-7-13(16)14(8-11)17-9-10-4-2-3-5-12(10)15/h2-8,17H,9H2,1H3. The van der Waals surface area contributed by atoms with Crippen molar-refractivity contribution >= 4 is 33.2 Å². The van der Waals surface area contributed by atoms with Crippen LogP contribution in [0.4, 0.5) is 5.69 Å². The van der Waals surface area contributed by atoms with E-state index in [2.05, 4.69) is 27.3 Å². The van der Waals surface area contributed by atoms with Crippen molar-refractivity contribution < 1.29 is 4.74 Å². The van der Waals surface area contributed by atoms with E-state index in [4.69, 9.17) is 16.3 Å². The molecular formula is C14H13BrClNO. The van der Waals surface area contributed by atoms with E-state index in [9.17, 15) is 0 Å². The van der Waals surface area contributed by atoms with Crippen LogP contribution in [0.15, 0.2) is 46.9 Å². The second-order valence-corrected chi connectivity index (χ2v) is 5.05. The molecule has 0 spiro atoms. The van der Waals surface area contributed by atoms with Crippen LogP contribution >= 0.6 is 27.5 Å². The molecule has 2 nitrogen and oxygen atoms in total. The zero-order valence-electron chi connectivity index (χ0n) is 9.91. The van der Waals surface area contributed by atoms with Crippen LogP contribution < -0.4 is 10.1 Å². The van der Waals surface area contributed by atoms with Crippen LogP contribution in [-0.2, 0) is 6.54 Å². The molecule has 0 amide bonds. The van der Waals surface area contributed by atoms with E-state index >= 15 is 0 Å². The molecular weight excluding hydrogens is 314 g/mol. The molecule has 0 unspecified atom stereocenters. The van der Waals surface area contributed by atoms with Crippen molar-refractivity contribution in [1.29, 1.82) is 0 Å². The van der Waals surface area contributed by atoms with Crippen LogP contribution in [0.5, 0.6) is 5.75 Å². The van der Waals surface area contributed by atoms with E-state index in [0.29, 0.717) is 11.6 Å². The Morgan fingerprint density at radius 2 is 2.00 bits per heavy atom. The minimum Gasteiger partial charge on any atom is -0.497 e. The third kappa shape index (κ3) is 3.18. The summed E-state index contributed by atoms with van der Waals surface area (Å²) in [6, 6.07) is 13.6. The van der Waals surface area contributed by atoms with Crippen molar-refractivity contribution in [2.45, 2.75) is 6.54 Å². The molecule has 0 atom stereocenters. The SMILES string of the molecule is COc1ccc(Cl)c(NCc2ccccc2Br)c1. The Kier molecular flexibility index (Phi) is 4.50. The number of methoxy groups -OCH3 is 1. The fourth-order valence-electron chi connectivity index (χ4n) is 1.60. The monoisotopic (exact) mass is 325 g/mol. The number of rotatable bonds is 4. The molecule has 0 bridgehead atoms. The highest BCUT2D eigenvalue weighted by atomic mass is 79.9. The van der Waals surface area contributed by atoms with E-state index in [1.165, 1.54) is 5.56 Å². The summed E-state index contributed by atoms with van der Waals surface area (Å²) >= 11 is 9.65. The largest absolute Gasteiger partial charge is 0.497 e. The normalized spacial score (nSPS) is 10.2. The van der Waals surface area contributed by atoms with Gasteiger partial charge in [0.1, 0.15) is 5.75 Å². The number of benzene rings is 2. The molecule has 2 rings (SSSR count). The molecule has 0 radical (unpaired) electrons. The highest BCUT2D eigenvalue weighted by Gasteiger charge is 2.03. The molecule has 0 heterocycles. The number of hydrogen-bond acceptors (Lipinski definition) is 2. The Bertz CT molecular complexity index is 545. The molecule has 0 saturated carbocycles. The smallest absolute Gasteiger partial charge is 0.121 e. The van der Waals surface area contributed by atoms with Crippen molar-refractivity contribution in [3.8, 4) is 5.75 Å². The number of halogens is 2. The van der Waals surface area contributed by atoms with E-state index in [0.717, 1.165) is 15.9 Å². The maximum atomic E-state index is 6.13. The van der Waals surface area contributed by atoms with E-state index in [1.54, 1.807) is 7.11 Å². The van der Waals surface area contributed by atoms with E-state index in [1.807, 2.05) is 36.4 Å². The number of anilines is 1. The van der Waals surface area contributed by atoms with Crippen molar-refractivity contribution in [2.24, 2.45) is 0 Å². The highest BCUT2D eigenvalue weighted by molar-refractivity contribution is 9.10. The lowest BCUT2D eigenvalue weighted by Crippen LogP contribution is -2.01. The number of ether oxygens (including phenoxy) is 1. The molecule has 0 aliphatic heterocycles. The molecule has 0 aliphatic carbocycles. The van der Waals surface area contributed by atoms with Gasteiger partial charge in [0.05, 0.1) is 17.8 Å². The Hall–Kier alpha value is -1.19. The first-order valence-electron chi connectivity index (χ1n) is 5.51. The summed E-state index contributed by atoms with van der Waals surface area (Å²) in [7, 11) is 1.64. The summed E-state index contributed by atoms with van der Waals surface area (Å²) in [5.41, 5.74) is 2.04. The summed E-state index contributed by atoms with van der Waals surface area (Å²) in [6.45, 7) is 0.703. The Morgan fingerprint density at radius 3 is 2.72 bits per heavy atom. The lowest BCUT2D eigenvalue weighted by molar-refractivity contribution is 0.415. The van der Waals surface area contributed by atoms with Crippen molar-refractivity contribution in [3.05, 3.63) is 57.5 Å². The minimum atomic E-state index is 0.683. The first kappa shape index (κ1) is 13.2. The summed E-state index contributed by atoms with van der Waals surface area (Å²) < 4.78 is 6.26. The van der Waals surface area contributed by atoms with Gasteiger partial charge in [0.2, 0.25) is 0 Å². The van der Waals surface area contributed by atoms with Gasteiger partial charge < -0.3 is 10.1 Å². The second-order valence-electron chi connectivity index (χ2n) is 3.79. The van der Waals surface area contributed by atoms with Gasteiger partial charge in [-0.2, -0.15) is 0 Å². The van der Waals surface area contributed by atoms with Gasteiger partial charge in [-0.05, 0) is 23.8 Å². The van der Waals surface area contributed by atoms with Gasteiger partial charge in [0.15, 0.2) is 0 Å². The zero-order chi connectivity index (χ0) is 13.0. The molecule has 94 valence electrons. The number of nitrogens with one attached hydrogen (secondary N) is 1. The summed E-state index contributed by atoms with van der Waals surface area (Å²) in [6.07, 6.45) is 0. The van der Waals surface area contributed by atoms with Crippen LogP contribution in [0, 0.1) is 0 Å². The number of hydrogen-bond donors (Lipinski definition) is 1. The maximum Gasteiger partial charge on any atom is 0.121 e. The van der Waals surface area contributed by atoms with Crippen molar-refractivity contribution in [1.82, 2.24) is 0 Å². The quantitative estimate of drug-likeness (QED) is 0.877. The fourth-order valence-corrected chi connectivity index (χ4v) is 2.21. The summed E-state index contributed by atoms with van der Waals surface area (Å²) in [5, 5.41) is 3.99. The molecule has 0 saturated heterocycles. The van der Waals surface area contributed by atoms with Crippen LogP contribution in [0.2, 0.25) is 5.02 Å². The fraction of sp³-hybridized carbons (Fsp3) is 0.143. The third-order valence-electron chi connectivity index (χ3n) is 2.60. The Morgan fingerprint density at radius 1 is 1.22 bits per heavy atom. The highest BCUT2D eigenvalue weighted by Crippen LogP contribution is 2.27. The second kappa shape index (κ2) is 6.12. The van der Waals surface area contributed by atoms with Crippen LogP contribution in [0.1, 0.15) is 5.56 Å². The van der Waals surface area contributed by atoms with E-state index in [-0.39, 0.29) is 0 Å². The van der Waals surface area contributed by atoms with Gasteiger partial charge in [0.25, 0.3) is 0 Å². The topological polar surface area (TPSA) is 21.3 Å². The first-order valence-corrected chi connectivity index (χ1v) is 6.68. The first-order chi connectivity index (χ1) is 8.70. The zero-order valence-corrected chi connectivity index (χ0v) is 12.3. The van der Waals surface area contributed by atoms with Crippen LogP contribution in [-0.4, -0.2) is 7.11 Å². The van der Waals surface area contributed by atoms with Crippen molar-refractivity contribution in [2.75, 3.05) is 12.4 Å². The van der Waals surface area contributed by atoms with Gasteiger partial charge in [-0.25, -0.2) is 0 Å². The predicted octanol–water partition coefficient (Wildman–Crippen LogP) is 4.72. The Balaban J connectivity index is 2.13. The average molecular weight is 327 g/mol. The summed E-state index contributed by atoms with van der Waals surface area (Å²) in [5.74, 6) is 0.786. The third-order valence-corrected chi connectivity index (χ3v) is 3.70. The molecule has 0 aromatic heterocycles.